The molecule has 4 heteroatoms. The van der Waals surface area contributed by atoms with Gasteiger partial charge in [-0.1, -0.05) is 0 Å². The summed E-state index contributed by atoms with van der Waals surface area (Å²) in [4.78, 5) is 0. The Morgan fingerprint density at radius 2 is 1.05 bits per heavy atom. The molecule has 0 aliphatic rings. The standard InChI is InChI=1S/C18H38O2Te2/c1-5-9-11-13-17(19-7-3)15-21-22-16-18(20-8-4)14-12-10-6-2/h17-18H,5-16H2,1-4H3. The van der Waals surface area contributed by atoms with Gasteiger partial charge in [0.25, 0.3) is 0 Å². The zero-order chi connectivity index (χ0) is 16.5. The van der Waals surface area contributed by atoms with Crippen LogP contribution in [0.2, 0.25) is 8.94 Å². The summed E-state index contributed by atoms with van der Waals surface area (Å²) in [6, 6.07) is 0. The molecule has 0 spiro atoms. The number of rotatable bonds is 17. The van der Waals surface area contributed by atoms with Crippen LogP contribution in [0.4, 0.5) is 0 Å². The molecule has 0 heterocycles. The van der Waals surface area contributed by atoms with Gasteiger partial charge in [0, 0.05) is 0 Å². The number of hydrogen-bond acceptors (Lipinski definition) is 2. The van der Waals surface area contributed by atoms with Crippen molar-refractivity contribution in [3.05, 3.63) is 0 Å². The third-order valence-electron chi connectivity index (χ3n) is 3.66. The summed E-state index contributed by atoms with van der Waals surface area (Å²) < 4.78 is 14.7. The summed E-state index contributed by atoms with van der Waals surface area (Å²) in [5, 5.41) is 0. The van der Waals surface area contributed by atoms with Gasteiger partial charge in [-0.2, -0.15) is 0 Å². The van der Waals surface area contributed by atoms with Crippen molar-refractivity contribution in [3.8, 4) is 0 Å². The van der Waals surface area contributed by atoms with Crippen molar-refractivity contribution in [2.45, 2.75) is 100 Å². The summed E-state index contributed by atoms with van der Waals surface area (Å²) in [7, 11) is 0. The molecule has 0 fully saturated rings. The second-order valence-corrected chi connectivity index (χ2v) is 18.0. The van der Waals surface area contributed by atoms with Crippen molar-refractivity contribution in [3.63, 3.8) is 0 Å². The first-order valence-electron chi connectivity index (χ1n) is 9.25. The molecule has 0 radical (unpaired) electrons. The van der Waals surface area contributed by atoms with Crippen molar-refractivity contribution in [2.75, 3.05) is 13.2 Å². The van der Waals surface area contributed by atoms with Crippen molar-refractivity contribution in [1.29, 1.82) is 0 Å². The molecule has 0 aromatic heterocycles. The van der Waals surface area contributed by atoms with Crippen LogP contribution in [0.5, 0.6) is 0 Å². The molecule has 2 nitrogen and oxygen atoms in total. The van der Waals surface area contributed by atoms with Gasteiger partial charge < -0.3 is 0 Å². The van der Waals surface area contributed by atoms with Crippen LogP contribution in [0.3, 0.4) is 0 Å². The molecule has 0 N–H and O–H groups in total. The molecule has 0 aromatic rings. The van der Waals surface area contributed by atoms with Crippen LogP contribution in [0.1, 0.15) is 79.1 Å². The van der Waals surface area contributed by atoms with Gasteiger partial charge in [-0.3, -0.25) is 0 Å². The fourth-order valence-electron chi connectivity index (χ4n) is 2.39. The number of hydrogen-bond donors (Lipinski definition) is 0. The van der Waals surface area contributed by atoms with Crippen LogP contribution in [0, 0.1) is 0 Å². The van der Waals surface area contributed by atoms with Crippen LogP contribution in [-0.4, -0.2) is 59.5 Å². The molecule has 2 unspecified atom stereocenters. The topological polar surface area (TPSA) is 18.5 Å². The van der Waals surface area contributed by atoms with E-state index < -0.39 is 0 Å². The molecule has 0 aromatic carbocycles. The third kappa shape index (κ3) is 15.1. The fraction of sp³-hybridized carbons (Fsp3) is 1.00. The first kappa shape index (κ1) is 23.5. The molecule has 0 aliphatic heterocycles. The predicted octanol–water partition coefficient (Wildman–Crippen LogP) is 5.12. The normalized spacial score (nSPS) is 14.2. The molecule has 0 saturated carbocycles. The zero-order valence-electron chi connectivity index (χ0n) is 15.3. The van der Waals surface area contributed by atoms with Crippen LogP contribution in [-0.2, 0) is 9.47 Å². The SMILES string of the molecule is CCCCCC(C[Te][Te]CC(CCCCC)OCC)OCC. The summed E-state index contributed by atoms with van der Waals surface area (Å²) in [6.45, 7) is 10.6. The molecule has 0 rings (SSSR count). The Balaban J connectivity index is 3.80. The van der Waals surface area contributed by atoms with E-state index in [1.807, 2.05) is 0 Å². The molecule has 0 amide bonds. The third-order valence-corrected chi connectivity index (χ3v) is 15.4. The van der Waals surface area contributed by atoms with Crippen LogP contribution >= 0.6 is 0 Å². The van der Waals surface area contributed by atoms with Gasteiger partial charge in [0.2, 0.25) is 0 Å². The van der Waals surface area contributed by atoms with Gasteiger partial charge in [-0.15, -0.1) is 0 Å². The summed E-state index contributed by atoms with van der Waals surface area (Å²) in [5.41, 5.74) is 0. The molecular weight excluding hydrogens is 503 g/mol. The molecule has 0 saturated heterocycles. The van der Waals surface area contributed by atoms with Crippen LogP contribution < -0.4 is 0 Å². The van der Waals surface area contributed by atoms with Gasteiger partial charge in [0.15, 0.2) is 0 Å². The first-order chi connectivity index (χ1) is 10.8. The van der Waals surface area contributed by atoms with E-state index in [1.165, 1.54) is 60.3 Å². The Morgan fingerprint density at radius 1 is 0.636 bits per heavy atom. The Morgan fingerprint density at radius 3 is 1.36 bits per heavy atom. The van der Waals surface area contributed by atoms with E-state index in [1.54, 1.807) is 0 Å². The monoisotopic (exact) mass is 546 g/mol. The van der Waals surface area contributed by atoms with Crippen molar-refractivity contribution in [2.24, 2.45) is 0 Å². The van der Waals surface area contributed by atoms with E-state index >= 15 is 0 Å². The molecule has 0 aliphatic carbocycles. The van der Waals surface area contributed by atoms with E-state index in [4.69, 9.17) is 9.47 Å². The van der Waals surface area contributed by atoms with E-state index in [-0.39, 0.29) is 34.1 Å². The predicted molar refractivity (Wildman–Crippen MR) is 100 cm³/mol. The summed E-state index contributed by atoms with van der Waals surface area (Å²) >= 11 is 0.455. The van der Waals surface area contributed by atoms with Crippen molar-refractivity contribution in [1.82, 2.24) is 0 Å². The van der Waals surface area contributed by atoms with E-state index in [2.05, 4.69) is 27.7 Å². The average Bonchev–Trinajstić information content (AvgIpc) is 2.51. The quantitative estimate of drug-likeness (QED) is 0.188. The van der Waals surface area contributed by atoms with E-state index in [0.29, 0.717) is 12.2 Å². The van der Waals surface area contributed by atoms with Gasteiger partial charge >= 0.3 is 157 Å². The zero-order valence-corrected chi connectivity index (χ0v) is 19.9. The van der Waals surface area contributed by atoms with E-state index in [9.17, 15) is 0 Å². The van der Waals surface area contributed by atoms with Gasteiger partial charge in [0.1, 0.15) is 0 Å². The minimum atomic E-state index is 0.227. The molecule has 2 atom stereocenters. The molecule has 134 valence electrons. The molecule has 22 heavy (non-hydrogen) atoms. The van der Waals surface area contributed by atoms with Crippen LogP contribution in [0.25, 0.3) is 0 Å². The second-order valence-electron chi connectivity index (χ2n) is 5.72. The maximum atomic E-state index is 5.94. The van der Waals surface area contributed by atoms with Gasteiger partial charge in [-0.05, 0) is 0 Å². The fourth-order valence-corrected chi connectivity index (χ4v) is 14.8. The Kier molecular flexibility index (Phi) is 20.1. The Bertz CT molecular complexity index is 193. The van der Waals surface area contributed by atoms with Crippen molar-refractivity contribution >= 4 is 34.1 Å². The molecule has 0 bridgehead atoms. The summed E-state index contributed by atoms with van der Waals surface area (Å²) in [6.07, 6.45) is 11.8. The Hall–Kier alpha value is 1.50. The van der Waals surface area contributed by atoms with Crippen molar-refractivity contribution < 1.29 is 9.47 Å². The number of unbranched alkanes of at least 4 members (excludes halogenated alkanes) is 4. The first-order valence-corrected chi connectivity index (χ1v) is 19.9. The summed E-state index contributed by atoms with van der Waals surface area (Å²) in [5.74, 6) is 0. The Labute approximate surface area is 156 Å². The van der Waals surface area contributed by atoms with Gasteiger partial charge in [0.05, 0.1) is 0 Å². The maximum absolute atomic E-state index is 5.94. The number of ether oxygens (including phenoxy) is 2. The van der Waals surface area contributed by atoms with Gasteiger partial charge in [-0.25, -0.2) is 0 Å². The second kappa shape index (κ2) is 18.8. The van der Waals surface area contributed by atoms with E-state index in [0.717, 1.165) is 13.2 Å². The average molecular weight is 542 g/mol. The van der Waals surface area contributed by atoms with Crippen LogP contribution in [0.15, 0.2) is 0 Å². The molecular formula is C18H38O2Te2. The minimum absolute atomic E-state index is 0.227.